The highest BCUT2D eigenvalue weighted by molar-refractivity contribution is 7.98. The van der Waals surface area contributed by atoms with Gasteiger partial charge in [0.2, 0.25) is 0 Å². The monoisotopic (exact) mass is 207 g/mol. The van der Waals surface area contributed by atoms with E-state index in [2.05, 4.69) is 0 Å². The molecule has 0 aliphatic heterocycles. The van der Waals surface area contributed by atoms with E-state index in [0.29, 0.717) is 13.0 Å². The molecule has 13 heavy (non-hydrogen) atoms. The largest absolute Gasteiger partial charge is 0.462 e. The van der Waals surface area contributed by atoms with Gasteiger partial charge in [0.15, 0.2) is 0 Å². The number of ether oxygens (including phenoxy) is 2. The molecule has 1 atom stereocenters. The topological polar surface area (TPSA) is 61.5 Å². The van der Waals surface area contributed by atoms with Crippen molar-refractivity contribution in [1.29, 1.82) is 0 Å². The number of carbonyl (C=O) groups is 1. The van der Waals surface area contributed by atoms with Crippen molar-refractivity contribution in [3.8, 4) is 0 Å². The summed E-state index contributed by atoms with van der Waals surface area (Å²) in [6.07, 6.45) is 2.63. The van der Waals surface area contributed by atoms with Crippen LogP contribution in [0, 0.1) is 0 Å². The smallest absolute Gasteiger partial charge is 0.323 e. The maximum Gasteiger partial charge on any atom is 0.323 e. The summed E-state index contributed by atoms with van der Waals surface area (Å²) < 4.78 is 9.57. The van der Waals surface area contributed by atoms with E-state index >= 15 is 0 Å². The number of hydrogen-bond donors (Lipinski definition) is 1. The minimum absolute atomic E-state index is 0.280. The molecule has 0 aliphatic rings. The third-order valence-electron chi connectivity index (χ3n) is 1.47. The second-order valence-electron chi connectivity index (χ2n) is 2.55. The molecule has 0 amide bonds. The number of esters is 1. The van der Waals surface area contributed by atoms with Gasteiger partial charge in [-0.15, -0.1) is 0 Å². The third kappa shape index (κ3) is 6.86. The van der Waals surface area contributed by atoms with Crippen LogP contribution in [-0.2, 0) is 14.3 Å². The number of thioether (sulfide) groups is 1. The summed E-state index contributed by atoms with van der Waals surface area (Å²) in [7, 11) is 1.56. The molecule has 0 aromatic carbocycles. The van der Waals surface area contributed by atoms with Crippen molar-refractivity contribution >= 4 is 17.7 Å². The van der Waals surface area contributed by atoms with Crippen LogP contribution in [0.2, 0.25) is 0 Å². The van der Waals surface area contributed by atoms with Gasteiger partial charge in [-0.2, -0.15) is 11.8 Å². The Morgan fingerprint density at radius 1 is 1.54 bits per heavy atom. The number of rotatable bonds is 7. The van der Waals surface area contributed by atoms with Crippen molar-refractivity contribution in [2.75, 3.05) is 32.3 Å². The van der Waals surface area contributed by atoms with E-state index in [-0.39, 0.29) is 12.6 Å². The number of hydrogen-bond acceptors (Lipinski definition) is 5. The van der Waals surface area contributed by atoms with Crippen LogP contribution in [0.25, 0.3) is 0 Å². The Morgan fingerprint density at radius 2 is 2.23 bits per heavy atom. The van der Waals surface area contributed by atoms with E-state index in [1.165, 1.54) is 0 Å². The van der Waals surface area contributed by atoms with Gasteiger partial charge in [0.25, 0.3) is 0 Å². The first-order valence-corrected chi connectivity index (χ1v) is 5.51. The zero-order chi connectivity index (χ0) is 10.1. The highest BCUT2D eigenvalue weighted by Crippen LogP contribution is 1.99. The molecule has 0 radical (unpaired) electrons. The van der Waals surface area contributed by atoms with Crippen LogP contribution in [0.15, 0.2) is 0 Å². The Kier molecular flexibility index (Phi) is 8.18. The summed E-state index contributed by atoms with van der Waals surface area (Å²) in [5.41, 5.74) is 5.56. The Bertz CT molecular complexity index is 143. The van der Waals surface area contributed by atoms with Crippen LogP contribution in [0.5, 0.6) is 0 Å². The van der Waals surface area contributed by atoms with Gasteiger partial charge in [-0.3, -0.25) is 4.79 Å². The Hall–Kier alpha value is -0.260. The zero-order valence-electron chi connectivity index (χ0n) is 8.12. The molecule has 0 aliphatic carbocycles. The Morgan fingerprint density at radius 3 is 2.77 bits per heavy atom. The number of methoxy groups -OCH3 is 1. The lowest BCUT2D eigenvalue weighted by molar-refractivity contribution is -0.146. The van der Waals surface area contributed by atoms with Crippen LogP contribution >= 0.6 is 11.8 Å². The lowest BCUT2D eigenvalue weighted by atomic mass is 10.2. The van der Waals surface area contributed by atoms with Crippen molar-refractivity contribution in [3.63, 3.8) is 0 Å². The molecule has 5 heteroatoms. The van der Waals surface area contributed by atoms with Crippen LogP contribution in [-0.4, -0.2) is 44.3 Å². The first-order chi connectivity index (χ1) is 6.22. The molecule has 0 heterocycles. The minimum atomic E-state index is -0.496. The van der Waals surface area contributed by atoms with Gasteiger partial charge in [-0.1, -0.05) is 0 Å². The van der Waals surface area contributed by atoms with Crippen molar-refractivity contribution in [2.24, 2.45) is 5.73 Å². The Labute approximate surface area is 83.1 Å². The maximum absolute atomic E-state index is 11.1. The lowest BCUT2D eigenvalue weighted by Crippen LogP contribution is -2.33. The summed E-state index contributed by atoms with van der Waals surface area (Å²) in [6, 6.07) is -0.496. The average Bonchev–Trinajstić information content (AvgIpc) is 2.14. The quantitative estimate of drug-likeness (QED) is 0.479. The third-order valence-corrected chi connectivity index (χ3v) is 2.11. The molecule has 0 aromatic heterocycles. The fourth-order valence-corrected chi connectivity index (χ4v) is 1.18. The molecule has 0 aromatic rings. The molecule has 4 nitrogen and oxygen atoms in total. The molecule has 2 N–H and O–H groups in total. The Balaban J connectivity index is 3.45. The molecular formula is C8H17NO3S. The van der Waals surface area contributed by atoms with Gasteiger partial charge in [0.1, 0.15) is 12.6 Å². The summed E-state index contributed by atoms with van der Waals surface area (Å²) in [4.78, 5) is 11.1. The number of carbonyl (C=O) groups excluding carboxylic acids is 1. The highest BCUT2D eigenvalue weighted by Gasteiger charge is 2.13. The van der Waals surface area contributed by atoms with E-state index in [1.807, 2.05) is 6.26 Å². The normalized spacial score (nSPS) is 12.5. The van der Waals surface area contributed by atoms with Gasteiger partial charge in [0, 0.05) is 7.11 Å². The number of nitrogens with two attached hydrogens (primary N) is 1. The summed E-state index contributed by atoms with van der Waals surface area (Å²) in [5, 5.41) is 0. The lowest BCUT2D eigenvalue weighted by Gasteiger charge is -2.09. The van der Waals surface area contributed by atoms with E-state index in [9.17, 15) is 4.79 Å². The van der Waals surface area contributed by atoms with Crippen molar-refractivity contribution < 1.29 is 14.3 Å². The van der Waals surface area contributed by atoms with E-state index in [4.69, 9.17) is 15.2 Å². The average molecular weight is 207 g/mol. The fourth-order valence-electron chi connectivity index (χ4n) is 0.695. The van der Waals surface area contributed by atoms with Gasteiger partial charge in [-0.25, -0.2) is 0 Å². The van der Waals surface area contributed by atoms with E-state index in [1.54, 1.807) is 18.9 Å². The summed E-state index contributed by atoms with van der Waals surface area (Å²) >= 11 is 1.66. The molecule has 0 rings (SSSR count). The SMILES string of the molecule is COCCOC(=O)C(N)CCSC. The van der Waals surface area contributed by atoms with Crippen molar-refractivity contribution in [2.45, 2.75) is 12.5 Å². The first kappa shape index (κ1) is 12.7. The van der Waals surface area contributed by atoms with Gasteiger partial charge >= 0.3 is 5.97 Å². The van der Waals surface area contributed by atoms with Crippen LogP contribution in [0.3, 0.4) is 0 Å². The zero-order valence-corrected chi connectivity index (χ0v) is 8.93. The highest BCUT2D eigenvalue weighted by atomic mass is 32.2. The van der Waals surface area contributed by atoms with Crippen LogP contribution in [0.1, 0.15) is 6.42 Å². The first-order valence-electron chi connectivity index (χ1n) is 4.12. The molecule has 0 fully saturated rings. The fraction of sp³-hybridized carbons (Fsp3) is 0.875. The van der Waals surface area contributed by atoms with E-state index in [0.717, 1.165) is 5.75 Å². The molecule has 0 saturated heterocycles. The predicted molar refractivity (Wildman–Crippen MR) is 53.8 cm³/mol. The standard InChI is InChI=1S/C8H17NO3S/c1-11-4-5-12-8(10)7(9)3-6-13-2/h7H,3-6,9H2,1-2H3. The molecule has 1 unspecified atom stereocenters. The minimum Gasteiger partial charge on any atom is -0.462 e. The maximum atomic E-state index is 11.1. The van der Waals surface area contributed by atoms with Gasteiger partial charge < -0.3 is 15.2 Å². The van der Waals surface area contributed by atoms with Crippen LogP contribution < -0.4 is 5.73 Å². The molecule has 0 spiro atoms. The van der Waals surface area contributed by atoms with E-state index < -0.39 is 6.04 Å². The second kappa shape index (κ2) is 8.34. The molecule has 0 saturated carbocycles. The second-order valence-corrected chi connectivity index (χ2v) is 3.53. The summed E-state index contributed by atoms with van der Waals surface area (Å²) in [6.45, 7) is 0.698. The molecule has 78 valence electrons. The van der Waals surface area contributed by atoms with Crippen molar-refractivity contribution in [3.05, 3.63) is 0 Å². The van der Waals surface area contributed by atoms with Crippen molar-refractivity contribution in [1.82, 2.24) is 0 Å². The summed E-state index contributed by atoms with van der Waals surface area (Å²) in [5.74, 6) is 0.534. The van der Waals surface area contributed by atoms with Crippen LogP contribution in [0.4, 0.5) is 0 Å². The van der Waals surface area contributed by atoms with Gasteiger partial charge in [-0.05, 0) is 18.4 Å². The molecule has 0 bridgehead atoms. The van der Waals surface area contributed by atoms with Gasteiger partial charge in [0.05, 0.1) is 6.61 Å². The predicted octanol–water partition coefficient (Wildman–Crippen LogP) is 0.256. The molecular weight excluding hydrogens is 190 g/mol.